The molecule has 1 atom stereocenters. The number of carbonyl (C=O) groups excluding carboxylic acids is 1. The van der Waals surface area contributed by atoms with Crippen LogP contribution in [0.5, 0.6) is 0 Å². The third-order valence-electron chi connectivity index (χ3n) is 3.58. The highest BCUT2D eigenvalue weighted by atomic mass is 32.7. The maximum atomic E-state index is 12.2. The fraction of sp³-hybridized carbons (Fsp3) is 0.933. The number of nitrogens with zero attached hydrogens (tertiary/aromatic N) is 1. The first-order valence-corrected chi connectivity index (χ1v) is 10.9. The van der Waals surface area contributed by atoms with Crippen LogP contribution in [-0.2, 0) is 18.8 Å². The van der Waals surface area contributed by atoms with Crippen LogP contribution < -0.4 is 5.09 Å². The largest absolute Gasteiger partial charge is 0.464 e. The molecule has 1 unspecified atom stereocenters. The van der Waals surface area contributed by atoms with Gasteiger partial charge in [0.25, 0.3) is 0 Å². The van der Waals surface area contributed by atoms with Gasteiger partial charge in [0.2, 0.25) is 0 Å². The minimum atomic E-state index is -0.674. The molecule has 0 radical (unpaired) electrons. The summed E-state index contributed by atoms with van der Waals surface area (Å²) in [7, 11) is 3.87. The van der Waals surface area contributed by atoms with Gasteiger partial charge in [-0.2, -0.15) is 0 Å². The molecule has 7 nitrogen and oxygen atoms in total. The first-order chi connectivity index (χ1) is 11.5. The van der Waals surface area contributed by atoms with Crippen LogP contribution in [0, 0.1) is 5.41 Å². The van der Waals surface area contributed by atoms with E-state index in [2.05, 4.69) is 9.99 Å². The zero-order chi connectivity index (χ0) is 18.4. The molecule has 1 saturated heterocycles. The minimum absolute atomic E-state index is 0.118. The van der Waals surface area contributed by atoms with Crippen LogP contribution in [-0.4, -0.2) is 82.5 Å². The number of ether oxygens (including phenoxy) is 2. The maximum Gasteiger partial charge on any atom is 0.311 e. The molecule has 1 heterocycles. The lowest BCUT2D eigenvalue weighted by Gasteiger charge is -2.30. The van der Waals surface area contributed by atoms with E-state index in [-0.39, 0.29) is 5.97 Å². The standard InChI is InChI=1S/C14H29N2O4PS.CH4O/c1-14(2,5-6-16-7-9-19-10-8-16)13(17)20-11-12-22-21(15-3)18-4;1-2/h15H,5-12H2,1-4H3;2H,1H3. The molecule has 0 spiro atoms. The van der Waals surface area contributed by atoms with Crippen molar-refractivity contribution in [3.05, 3.63) is 0 Å². The van der Waals surface area contributed by atoms with E-state index >= 15 is 0 Å². The summed E-state index contributed by atoms with van der Waals surface area (Å²) in [6.45, 7) is 8.73. The van der Waals surface area contributed by atoms with Gasteiger partial charge in [-0.1, -0.05) is 11.4 Å². The lowest BCUT2D eigenvalue weighted by Crippen LogP contribution is -2.39. The van der Waals surface area contributed by atoms with E-state index in [1.165, 1.54) is 0 Å². The van der Waals surface area contributed by atoms with Crippen LogP contribution >= 0.6 is 18.9 Å². The van der Waals surface area contributed by atoms with E-state index in [1.54, 1.807) is 18.5 Å². The van der Waals surface area contributed by atoms with Crippen LogP contribution in [0.25, 0.3) is 0 Å². The topological polar surface area (TPSA) is 80.3 Å². The number of aliphatic hydroxyl groups excluding tert-OH is 1. The predicted molar refractivity (Wildman–Crippen MR) is 100 cm³/mol. The predicted octanol–water partition coefficient (Wildman–Crippen LogP) is 1.71. The van der Waals surface area contributed by atoms with Crippen molar-refractivity contribution in [2.75, 3.05) is 66.5 Å². The molecular formula is C15H33N2O5PS. The number of esters is 1. The van der Waals surface area contributed by atoms with Crippen molar-refractivity contribution in [3.63, 3.8) is 0 Å². The Bertz CT molecular complexity index is 327. The van der Waals surface area contributed by atoms with E-state index in [9.17, 15) is 4.79 Å². The zero-order valence-corrected chi connectivity index (χ0v) is 17.3. The summed E-state index contributed by atoms with van der Waals surface area (Å²) in [5.41, 5.74) is -0.446. The number of hydrogen-bond acceptors (Lipinski definition) is 8. The van der Waals surface area contributed by atoms with Gasteiger partial charge in [0, 0.05) is 33.1 Å². The number of carbonyl (C=O) groups is 1. The molecule has 0 aromatic heterocycles. The Labute approximate surface area is 151 Å². The SMILES string of the molecule is CNP(OC)SCCOC(=O)C(C)(C)CCN1CCOCC1.CO. The van der Waals surface area contributed by atoms with Gasteiger partial charge >= 0.3 is 5.97 Å². The van der Waals surface area contributed by atoms with Crippen molar-refractivity contribution in [2.24, 2.45) is 5.41 Å². The van der Waals surface area contributed by atoms with Gasteiger partial charge in [-0.05, 0) is 33.9 Å². The quantitative estimate of drug-likeness (QED) is 0.335. The van der Waals surface area contributed by atoms with E-state index in [4.69, 9.17) is 19.1 Å². The van der Waals surface area contributed by atoms with Crippen molar-refractivity contribution in [3.8, 4) is 0 Å². The molecule has 9 heteroatoms. The number of hydrogen-bond donors (Lipinski definition) is 2. The third kappa shape index (κ3) is 10.1. The van der Waals surface area contributed by atoms with Crippen LogP contribution in [0.3, 0.4) is 0 Å². The van der Waals surface area contributed by atoms with Gasteiger partial charge in [0.05, 0.1) is 18.6 Å². The second-order valence-corrected chi connectivity index (χ2v) is 9.48. The first-order valence-electron chi connectivity index (χ1n) is 8.06. The molecular weight excluding hydrogens is 351 g/mol. The fourth-order valence-corrected chi connectivity index (χ4v) is 4.19. The van der Waals surface area contributed by atoms with Gasteiger partial charge in [-0.3, -0.25) is 14.8 Å². The van der Waals surface area contributed by atoms with Gasteiger partial charge in [-0.25, -0.2) is 0 Å². The van der Waals surface area contributed by atoms with Crippen molar-refractivity contribution in [1.29, 1.82) is 0 Å². The summed E-state index contributed by atoms with van der Waals surface area (Å²) >= 11 is 1.64. The first kappa shape index (κ1) is 24.1. The number of aliphatic hydroxyl groups is 1. The van der Waals surface area contributed by atoms with Gasteiger partial charge in [0.15, 0.2) is 7.50 Å². The third-order valence-corrected chi connectivity index (χ3v) is 7.11. The maximum absolute atomic E-state index is 12.2. The minimum Gasteiger partial charge on any atom is -0.464 e. The molecule has 144 valence electrons. The van der Waals surface area contributed by atoms with E-state index < -0.39 is 12.9 Å². The number of nitrogens with one attached hydrogen (secondary N) is 1. The molecule has 0 aromatic rings. The summed E-state index contributed by atoms with van der Waals surface area (Å²) in [4.78, 5) is 14.5. The number of morpholine rings is 1. The molecule has 0 aliphatic carbocycles. The Morgan fingerprint density at radius 3 is 2.54 bits per heavy atom. The van der Waals surface area contributed by atoms with E-state index in [1.807, 2.05) is 20.9 Å². The Morgan fingerprint density at radius 1 is 1.38 bits per heavy atom. The van der Waals surface area contributed by atoms with Gasteiger partial charge in [0.1, 0.15) is 6.61 Å². The molecule has 0 saturated carbocycles. The van der Waals surface area contributed by atoms with E-state index in [0.717, 1.165) is 52.1 Å². The average molecular weight is 384 g/mol. The average Bonchev–Trinajstić information content (AvgIpc) is 2.62. The molecule has 24 heavy (non-hydrogen) atoms. The molecule has 0 bridgehead atoms. The normalized spacial score (nSPS) is 16.9. The highest BCUT2D eigenvalue weighted by Crippen LogP contribution is 2.45. The van der Waals surface area contributed by atoms with Gasteiger partial charge < -0.3 is 19.1 Å². The summed E-state index contributed by atoms with van der Waals surface area (Å²) < 4.78 is 16.0. The van der Waals surface area contributed by atoms with Crippen LogP contribution in [0.15, 0.2) is 0 Å². The van der Waals surface area contributed by atoms with Crippen LogP contribution in [0.4, 0.5) is 0 Å². The molecule has 1 rings (SSSR count). The second kappa shape index (κ2) is 14.2. The van der Waals surface area contributed by atoms with Crippen molar-refractivity contribution in [1.82, 2.24) is 9.99 Å². The summed E-state index contributed by atoms with van der Waals surface area (Å²) in [6, 6.07) is 0. The molecule has 2 N–H and O–H groups in total. The lowest BCUT2D eigenvalue weighted by molar-refractivity contribution is -0.153. The van der Waals surface area contributed by atoms with Crippen LogP contribution in [0.1, 0.15) is 20.3 Å². The zero-order valence-electron chi connectivity index (χ0n) is 15.5. The number of rotatable bonds is 10. The smallest absolute Gasteiger partial charge is 0.311 e. The van der Waals surface area contributed by atoms with Crippen LogP contribution in [0.2, 0.25) is 0 Å². The molecule has 1 aliphatic heterocycles. The Morgan fingerprint density at radius 2 is 2.00 bits per heavy atom. The van der Waals surface area contributed by atoms with Crippen molar-refractivity contribution < 1.29 is 23.9 Å². The molecule has 1 aliphatic rings. The Kier molecular flexibility index (Phi) is 14.3. The fourth-order valence-electron chi connectivity index (χ4n) is 2.02. The summed E-state index contributed by atoms with van der Waals surface area (Å²) in [5.74, 6) is 0.624. The summed E-state index contributed by atoms with van der Waals surface area (Å²) in [5, 5.41) is 10.1. The Hall–Kier alpha value is 0.0500. The van der Waals surface area contributed by atoms with Crippen molar-refractivity contribution in [2.45, 2.75) is 20.3 Å². The highest BCUT2D eigenvalue weighted by molar-refractivity contribution is 8.53. The molecule has 1 fully saturated rings. The van der Waals surface area contributed by atoms with E-state index in [0.29, 0.717) is 6.61 Å². The van der Waals surface area contributed by atoms with Gasteiger partial charge in [-0.15, -0.1) is 0 Å². The second-order valence-electron chi connectivity index (χ2n) is 5.72. The summed E-state index contributed by atoms with van der Waals surface area (Å²) in [6.07, 6.45) is 0.806. The molecule has 0 amide bonds. The van der Waals surface area contributed by atoms with Crippen molar-refractivity contribution >= 4 is 24.9 Å². The molecule has 0 aromatic carbocycles. The lowest BCUT2D eigenvalue weighted by atomic mass is 9.89. The Balaban J connectivity index is 0.00000254. The highest BCUT2D eigenvalue weighted by Gasteiger charge is 2.30. The monoisotopic (exact) mass is 384 g/mol.